The molecule has 1 aliphatic carbocycles. The zero-order valence-corrected chi connectivity index (χ0v) is 7.94. The van der Waals surface area contributed by atoms with Crippen LogP contribution in [0, 0.1) is 0 Å². The number of unbranched alkanes of at least 4 members (excludes halogenated alkanes) is 1. The van der Waals surface area contributed by atoms with Crippen LogP contribution >= 0.6 is 0 Å². The van der Waals surface area contributed by atoms with Gasteiger partial charge in [0.25, 0.3) is 0 Å². The number of hydrogen-bond acceptors (Lipinski definition) is 1. The summed E-state index contributed by atoms with van der Waals surface area (Å²) in [5.74, 6) is 0. The van der Waals surface area contributed by atoms with Crippen molar-refractivity contribution in [1.29, 1.82) is 0 Å². The second-order valence-corrected chi connectivity index (χ2v) is 3.80. The van der Waals surface area contributed by atoms with Crippen molar-refractivity contribution in [3.8, 4) is 0 Å². The highest BCUT2D eigenvalue weighted by Gasteiger charge is 2.38. The molecule has 0 aromatic carbocycles. The Labute approximate surface area is 73.9 Å². The van der Waals surface area contributed by atoms with Crippen LogP contribution in [0.2, 0.25) is 0 Å². The lowest BCUT2D eigenvalue weighted by Crippen LogP contribution is -2.42. The van der Waals surface area contributed by atoms with Gasteiger partial charge in [0.15, 0.2) is 0 Å². The number of carbonyl (C=O) groups excluding carboxylic acids is 1. The Hall–Kier alpha value is -0.730. The van der Waals surface area contributed by atoms with E-state index in [1.54, 1.807) is 0 Å². The van der Waals surface area contributed by atoms with Crippen LogP contribution < -0.4 is 10.6 Å². The van der Waals surface area contributed by atoms with Crippen molar-refractivity contribution in [3.05, 3.63) is 0 Å². The van der Waals surface area contributed by atoms with Gasteiger partial charge in [-0.1, -0.05) is 13.3 Å². The van der Waals surface area contributed by atoms with Crippen molar-refractivity contribution >= 4 is 6.03 Å². The van der Waals surface area contributed by atoms with Crippen molar-refractivity contribution in [2.75, 3.05) is 6.54 Å². The van der Waals surface area contributed by atoms with Crippen molar-refractivity contribution in [3.63, 3.8) is 0 Å². The normalized spacial score (nSPS) is 18.5. The number of rotatable bonds is 4. The molecule has 2 N–H and O–H groups in total. The maximum Gasteiger partial charge on any atom is 0.315 e. The summed E-state index contributed by atoms with van der Waals surface area (Å²) in [5, 5.41) is 5.77. The van der Waals surface area contributed by atoms with Crippen LogP contribution in [0.4, 0.5) is 4.79 Å². The van der Waals surface area contributed by atoms with E-state index in [4.69, 9.17) is 0 Å². The van der Waals surface area contributed by atoms with Crippen LogP contribution in [0.25, 0.3) is 0 Å². The lowest BCUT2D eigenvalue weighted by Gasteiger charge is -2.11. The molecule has 1 saturated carbocycles. The molecule has 0 atom stereocenters. The van der Waals surface area contributed by atoms with Gasteiger partial charge < -0.3 is 10.6 Å². The van der Waals surface area contributed by atoms with Gasteiger partial charge in [0.2, 0.25) is 0 Å². The summed E-state index contributed by atoms with van der Waals surface area (Å²) >= 11 is 0. The van der Waals surface area contributed by atoms with E-state index in [1.807, 2.05) is 0 Å². The van der Waals surface area contributed by atoms with E-state index in [0.29, 0.717) is 0 Å². The molecule has 3 nitrogen and oxygen atoms in total. The standard InChI is InChI=1S/C9H18N2O/c1-3-4-7-10-8(12)11-9(2)5-6-9/h3-7H2,1-2H3,(H2,10,11,12). The summed E-state index contributed by atoms with van der Waals surface area (Å²) in [5.41, 5.74) is 0.107. The lowest BCUT2D eigenvalue weighted by atomic mass is 10.3. The fourth-order valence-corrected chi connectivity index (χ4v) is 1.01. The molecule has 12 heavy (non-hydrogen) atoms. The van der Waals surface area contributed by atoms with Crippen molar-refractivity contribution in [2.45, 2.75) is 45.1 Å². The van der Waals surface area contributed by atoms with Crippen molar-refractivity contribution in [2.24, 2.45) is 0 Å². The highest BCUT2D eigenvalue weighted by atomic mass is 16.2. The topological polar surface area (TPSA) is 41.1 Å². The average molecular weight is 170 g/mol. The molecule has 70 valence electrons. The smallest absolute Gasteiger partial charge is 0.315 e. The minimum Gasteiger partial charge on any atom is -0.338 e. The first-order valence-corrected chi connectivity index (χ1v) is 4.72. The molecule has 1 aliphatic rings. The summed E-state index contributed by atoms with van der Waals surface area (Å²) in [6, 6.07) is -0.0107. The van der Waals surface area contributed by atoms with Gasteiger partial charge in [-0.25, -0.2) is 4.79 Å². The van der Waals surface area contributed by atoms with Gasteiger partial charge in [-0.2, -0.15) is 0 Å². The van der Waals surface area contributed by atoms with E-state index in [1.165, 1.54) is 0 Å². The molecule has 0 unspecified atom stereocenters. The van der Waals surface area contributed by atoms with Crippen molar-refractivity contribution < 1.29 is 4.79 Å². The molecule has 1 fully saturated rings. The van der Waals surface area contributed by atoms with E-state index in [2.05, 4.69) is 24.5 Å². The summed E-state index contributed by atoms with van der Waals surface area (Å²) < 4.78 is 0. The molecular formula is C9H18N2O. The lowest BCUT2D eigenvalue weighted by molar-refractivity contribution is 0.236. The Bertz CT molecular complexity index is 164. The average Bonchev–Trinajstić information content (AvgIpc) is 2.68. The van der Waals surface area contributed by atoms with E-state index in [-0.39, 0.29) is 11.6 Å². The third-order valence-electron chi connectivity index (χ3n) is 2.23. The van der Waals surface area contributed by atoms with Crippen LogP contribution in [0.3, 0.4) is 0 Å². The first kappa shape index (κ1) is 9.36. The summed E-state index contributed by atoms with van der Waals surface area (Å²) in [6.45, 7) is 4.98. The molecule has 0 saturated heterocycles. The van der Waals surface area contributed by atoms with Crippen LogP contribution in [-0.4, -0.2) is 18.1 Å². The quantitative estimate of drug-likeness (QED) is 0.619. The Morgan fingerprint density at radius 2 is 2.17 bits per heavy atom. The first-order valence-electron chi connectivity index (χ1n) is 4.72. The first-order chi connectivity index (χ1) is 5.66. The maximum absolute atomic E-state index is 11.2. The molecule has 0 heterocycles. The SMILES string of the molecule is CCCCNC(=O)NC1(C)CC1. The van der Waals surface area contributed by atoms with Gasteiger partial charge in [-0.15, -0.1) is 0 Å². The van der Waals surface area contributed by atoms with E-state index in [0.717, 1.165) is 32.2 Å². The third-order valence-corrected chi connectivity index (χ3v) is 2.23. The van der Waals surface area contributed by atoms with Crippen LogP contribution in [0.5, 0.6) is 0 Å². The fraction of sp³-hybridized carbons (Fsp3) is 0.889. The van der Waals surface area contributed by atoms with Crippen LogP contribution in [0.15, 0.2) is 0 Å². The number of urea groups is 1. The van der Waals surface area contributed by atoms with Gasteiger partial charge in [-0.05, 0) is 26.2 Å². The van der Waals surface area contributed by atoms with E-state index in [9.17, 15) is 4.79 Å². The maximum atomic E-state index is 11.2. The third kappa shape index (κ3) is 3.11. The molecule has 0 aromatic rings. The molecule has 0 radical (unpaired) electrons. The zero-order valence-electron chi connectivity index (χ0n) is 7.94. The molecule has 0 aliphatic heterocycles. The predicted octanol–water partition coefficient (Wildman–Crippen LogP) is 1.64. The Morgan fingerprint density at radius 1 is 1.50 bits per heavy atom. The van der Waals surface area contributed by atoms with Crippen LogP contribution in [-0.2, 0) is 0 Å². The number of carbonyl (C=O) groups is 1. The Morgan fingerprint density at radius 3 is 2.67 bits per heavy atom. The molecule has 0 spiro atoms. The second-order valence-electron chi connectivity index (χ2n) is 3.80. The molecular weight excluding hydrogens is 152 g/mol. The summed E-state index contributed by atoms with van der Waals surface area (Å²) in [6.07, 6.45) is 4.42. The fourth-order valence-electron chi connectivity index (χ4n) is 1.01. The summed E-state index contributed by atoms with van der Waals surface area (Å²) in [4.78, 5) is 11.2. The van der Waals surface area contributed by atoms with Gasteiger partial charge in [0.1, 0.15) is 0 Å². The minimum absolute atomic E-state index is 0.0107. The monoisotopic (exact) mass is 170 g/mol. The highest BCUT2D eigenvalue weighted by Crippen LogP contribution is 2.33. The summed E-state index contributed by atoms with van der Waals surface area (Å²) in [7, 11) is 0. The predicted molar refractivity (Wildman–Crippen MR) is 49.1 cm³/mol. The largest absolute Gasteiger partial charge is 0.338 e. The number of amides is 2. The van der Waals surface area contributed by atoms with Gasteiger partial charge in [0.05, 0.1) is 0 Å². The molecule has 3 heteroatoms. The highest BCUT2D eigenvalue weighted by molar-refractivity contribution is 5.75. The van der Waals surface area contributed by atoms with Gasteiger partial charge >= 0.3 is 6.03 Å². The van der Waals surface area contributed by atoms with Crippen molar-refractivity contribution in [1.82, 2.24) is 10.6 Å². The molecule has 1 rings (SSSR count). The zero-order chi connectivity index (χ0) is 9.03. The second kappa shape index (κ2) is 3.78. The molecule has 2 amide bonds. The number of nitrogens with one attached hydrogen (secondary N) is 2. The molecule has 0 bridgehead atoms. The van der Waals surface area contributed by atoms with Gasteiger partial charge in [0, 0.05) is 12.1 Å². The van der Waals surface area contributed by atoms with Gasteiger partial charge in [-0.3, -0.25) is 0 Å². The number of hydrogen-bond donors (Lipinski definition) is 2. The minimum atomic E-state index is -0.0107. The van der Waals surface area contributed by atoms with E-state index < -0.39 is 0 Å². The molecule has 0 aromatic heterocycles. The Balaban J connectivity index is 2.04. The van der Waals surface area contributed by atoms with Crippen LogP contribution in [0.1, 0.15) is 39.5 Å². The Kier molecular flexibility index (Phi) is 2.95. The van der Waals surface area contributed by atoms with E-state index >= 15 is 0 Å².